The summed E-state index contributed by atoms with van der Waals surface area (Å²) in [6.45, 7) is 2.34. The molecule has 2 nitrogen and oxygen atoms in total. The molecule has 0 bridgehead atoms. The van der Waals surface area contributed by atoms with Gasteiger partial charge in [-0.2, -0.15) is 0 Å². The van der Waals surface area contributed by atoms with Crippen LogP contribution in [0.15, 0.2) is 18.3 Å². The number of aromatic nitrogens is 1. The van der Waals surface area contributed by atoms with E-state index in [4.69, 9.17) is 0 Å². The van der Waals surface area contributed by atoms with Crippen molar-refractivity contribution >= 4 is 5.69 Å². The van der Waals surface area contributed by atoms with Gasteiger partial charge in [-0.25, -0.2) is 0 Å². The number of hydrogen-bond acceptors (Lipinski definition) is 2. The predicted molar refractivity (Wildman–Crippen MR) is 44.5 cm³/mol. The summed E-state index contributed by atoms with van der Waals surface area (Å²) in [6, 6.07) is 4.03. The summed E-state index contributed by atoms with van der Waals surface area (Å²) >= 11 is 0. The van der Waals surface area contributed by atoms with Crippen molar-refractivity contribution in [2.75, 3.05) is 18.0 Å². The molecule has 57 valence electrons. The van der Waals surface area contributed by atoms with Gasteiger partial charge in [0.2, 0.25) is 0 Å². The van der Waals surface area contributed by atoms with Crippen LogP contribution >= 0.6 is 0 Å². The zero-order valence-electron chi connectivity index (χ0n) is 6.45. The van der Waals surface area contributed by atoms with E-state index >= 15 is 0 Å². The summed E-state index contributed by atoms with van der Waals surface area (Å²) in [5.41, 5.74) is 1.14. The first kappa shape index (κ1) is 6.65. The van der Waals surface area contributed by atoms with Crippen LogP contribution in [0.1, 0.15) is 12.8 Å². The Hall–Kier alpha value is -1.05. The summed E-state index contributed by atoms with van der Waals surface area (Å²) in [7, 11) is 0. The Morgan fingerprint density at radius 3 is 2.82 bits per heavy atom. The Balaban J connectivity index is 2.16. The van der Waals surface area contributed by atoms with Gasteiger partial charge in [0, 0.05) is 19.3 Å². The van der Waals surface area contributed by atoms with Crippen LogP contribution < -0.4 is 4.90 Å². The van der Waals surface area contributed by atoms with Crippen molar-refractivity contribution in [3.05, 3.63) is 24.5 Å². The summed E-state index contributed by atoms with van der Waals surface area (Å²) in [5, 5.41) is 0. The molecule has 1 aromatic heterocycles. The van der Waals surface area contributed by atoms with Gasteiger partial charge in [0.05, 0.1) is 5.69 Å². The predicted octanol–water partition coefficient (Wildman–Crippen LogP) is 1.48. The molecular weight excluding hydrogens is 136 g/mol. The van der Waals surface area contributed by atoms with E-state index in [9.17, 15) is 0 Å². The van der Waals surface area contributed by atoms with Crippen molar-refractivity contribution in [1.29, 1.82) is 0 Å². The van der Waals surface area contributed by atoms with Crippen molar-refractivity contribution < 1.29 is 0 Å². The number of nitrogens with zero attached hydrogens (tertiary/aromatic N) is 2. The molecule has 1 saturated heterocycles. The minimum Gasteiger partial charge on any atom is -0.370 e. The van der Waals surface area contributed by atoms with E-state index in [2.05, 4.69) is 22.1 Å². The van der Waals surface area contributed by atoms with E-state index in [1.54, 1.807) is 6.20 Å². The molecule has 1 aliphatic heterocycles. The molecule has 0 spiro atoms. The monoisotopic (exact) mass is 147 g/mol. The topological polar surface area (TPSA) is 16.1 Å². The average molecular weight is 147 g/mol. The maximum atomic E-state index is 3.96. The molecule has 0 N–H and O–H groups in total. The quantitative estimate of drug-likeness (QED) is 0.598. The first-order chi connectivity index (χ1) is 5.47. The van der Waals surface area contributed by atoms with Gasteiger partial charge in [0.1, 0.15) is 6.20 Å². The molecule has 2 rings (SSSR count). The van der Waals surface area contributed by atoms with Crippen molar-refractivity contribution in [2.24, 2.45) is 0 Å². The van der Waals surface area contributed by atoms with Crippen molar-refractivity contribution in [2.45, 2.75) is 12.8 Å². The molecule has 11 heavy (non-hydrogen) atoms. The Kier molecular flexibility index (Phi) is 1.76. The highest BCUT2D eigenvalue weighted by molar-refractivity contribution is 5.43. The van der Waals surface area contributed by atoms with E-state index in [1.165, 1.54) is 25.9 Å². The maximum absolute atomic E-state index is 3.96. The molecule has 1 aliphatic rings. The minimum atomic E-state index is 1.14. The Labute approximate surface area is 66.9 Å². The van der Waals surface area contributed by atoms with Crippen LogP contribution in [0.5, 0.6) is 0 Å². The van der Waals surface area contributed by atoms with Gasteiger partial charge in [-0.05, 0) is 25.0 Å². The number of rotatable bonds is 1. The van der Waals surface area contributed by atoms with E-state index in [-0.39, 0.29) is 0 Å². The Bertz CT molecular complexity index is 214. The number of hydrogen-bond donors (Lipinski definition) is 0. The molecule has 2 heteroatoms. The molecule has 1 fully saturated rings. The van der Waals surface area contributed by atoms with Crippen LogP contribution in [0.25, 0.3) is 0 Å². The molecule has 0 unspecified atom stereocenters. The molecule has 1 radical (unpaired) electrons. The highest BCUT2D eigenvalue weighted by Crippen LogP contribution is 2.17. The lowest BCUT2D eigenvalue weighted by Crippen LogP contribution is -2.17. The largest absolute Gasteiger partial charge is 0.370 e. The van der Waals surface area contributed by atoms with E-state index in [0.29, 0.717) is 0 Å². The minimum absolute atomic E-state index is 1.14. The zero-order chi connectivity index (χ0) is 7.52. The van der Waals surface area contributed by atoms with E-state index in [0.717, 1.165) is 5.69 Å². The van der Waals surface area contributed by atoms with Gasteiger partial charge < -0.3 is 4.90 Å². The SMILES string of the molecule is [c]1ncccc1N1CCCC1. The molecule has 0 aromatic carbocycles. The van der Waals surface area contributed by atoms with Gasteiger partial charge in [-0.3, -0.25) is 4.98 Å². The lowest BCUT2D eigenvalue weighted by molar-refractivity contribution is 0.949. The summed E-state index contributed by atoms with van der Waals surface area (Å²) < 4.78 is 0. The standard InChI is InChI=1S/C9H11N2/c1-2-7-11(6-1)9-4-3-5-10-8-9/h3-5H,1-2,6-7H2. The van der Waals surface area contributed by atoms with Gasteiger partial charge in [0.25, 0.3) is 0 Å². The van der Waals surface area contributed by atoms with Crippen molar-refractivity contribution in [3.8, 4) is 0 Å². The normalized spacial score (nSPS) is 17.3. The van der Waals surface area contributed by atoms with Crippen LogP contribution in [0.2, 0.25) is 0 Å². The van der Waals surface area contributed by atoms with Gasteiger partial charge in [-0.15, -0.1) is 0 Å². The lowest BCUT2D eigenvalue weighted by Gasteiger charge is -2.15. The molecule has 0 saturated carbocycles. The van der Waals surface area contributed by atoms with E-state index in [1.807, 2.05) is 6.07 Å². The molecular formula is C9H11N2. The fourth-order valence-corrected chi connectivity index (χ4v) is 1.45. The third-order valence-electron chi connectivity index (χ3n) is 2.04. The Morgan fingerprint density at radius 2 is 2.18 bits per heavy atom. The summed E-state index contributed by atoms with van der Waals surface area (Å²) in [6.07, 6.45) is 7.37. The molecule has 0 atom stereocenters. The van der Waals surface area contributed by atoms with Gasteiger partial charge in [0.15, 0.2) is 0 Å². The number of pyridine rings is 1. The molecule has 0 amide bonds. The summed E-state index contributed by atoms with van der Waals surface area (Å²) in [5.74, 6) is 0. The summed E-state index contributed by atoms with van der Waals surface area (Å²) in [4.78, 5) is 6.29. The first-order valence-electron chi connectivity index (χ1n) is 4.04. The fourth-order valence-electron chi connectivity index (χ4n) is 1.45. The van der Waals surface area contributed by atoms with Crippen LogP contribution in [0.3, 0.4) is 0 Å². The molecule has 2 heterocycles. The van der Waals surface area contributed by atoms with Crippen molar-refractivity contribution in [3.63, 3.8) is 0 Å². The van der Waals surface area contributed by atoms with Crippen LogP contribution in [0, 0.1) is 6.20 Å². The van der Waals surface area contributed by atoms with Crippen LogP contribution in [-0.2, 0) is 0 Å². The maximum Gasteiger partial charge on any atom is 0.114 e. The highest BCUT2D eigenvalue weighted by Gasteiger charge is 2.11. The second kappa shape index (κ2) is 2.91. The highest BCUT2D eigenvalue weighted by atomic mass is 15.1. The fraction of sp³-hybridized carbons (Fsp3) is 0.444. The Morgan fingerprint density at radius 1 is 1.36 bits per heavy atom. The third-order valence-corrected chi connectivity index (χ3v) is 2.04. The van der Waals surface area contributed by atoms with Gasteiger partial charge >= 0.3 is 0 Å². The molecule has 0 aliphatic carbocycles. The second-order valence-electron chi connectivity index (χ2n) is 2.83. The molecule has 1 aromatic rings. The van der Waals surface area contributed by atoms with Gasteiger partial charge in [-0.1, -0.05) is 0 Å². The third kappa shape index (κ3) is 1.34. The number of anilines is 1. The first-order valence-corrected chi connectivity index (χ1v) is 4.04. The second-order valence-corrected chi connectivity index (χ2v) is 2.83. The smallest absolute Gasteiger partial charge is 0.114 e. The average Bonchev–Trinajstić information content (AvgIpc) is 2.58. The van der Waals surface area contributed by atoms with Crippen LogP contribution in [-0.4, -0.2) is 18.1 Å². The van der Waals surface area contributed by atoms with Crippen LogP contribution in [0.4, 0.5) is 5.69 Å². The van der Waals surface area contributed by atoms with Crippen molar-refractivity contribution in [1.82, 2.24) is 4.98 Å². The lowest BCUT2D eigenvalue weighted by atomic mass is 10.4. The zero-order valence-corrected chi connectivity index (χ0v) is 6.45. The van der Waals surface area contributed by atoms with E-state index < -0.39 is 0 Å².